The van der Waals surface area contributed by atoms with Gasteiger partial charge in [-0.1, -0.05) is 12.2 Å². The third-order valence-corrected chi connectivity index (χ3v) is 2.44. The van der Waals surface area contributed by atoms with E-state index in [1.165, 1.54) is 0 Å². The van der Waals surface area contributed by atoms with Gasteiger partial charge in [-0.3, -0.25) is 0 Å². The summed E-state index contributed by atoms with van der Waals surface area (Å²) < 4.78 is 16.4. The third-order valence-electron chi connectivity index (χ3n) is 2.44. The van der Waals surface area contributed by atoms with Crippen molar-refractivity contribution < 1.29 is 14.2 Å². The molecule has 2 N–H and O–H groups in total. The Bertz CT molecular complexity index is 410. The van der Waals surface area contributed by atoms with Crippen LogP contribution in [0.15, 0.2) is 18.2 Å². The Hall–Kier alpha value is -1.68. The lowest BCUT2D eigenvalue weighted by atomic mass is 10.1. The Morgan fingerprint density at radius 3 is 2.82 bits per heavy atom. The maximum atomic E-state index is 5.67. The molecule has 1 atom stereocenters. The molecule has 4 nitrogen and oxygen atoms in total. The molecular weight excluding hydrogens is 218 g/mol. The number of hydrogen-bond acceptors (Lipinski definition) is 4. The molecule has 1 heterocycles. The van der Waals surface area contributed by atoms with Crippen molar-refractivity contribution in [2.75, 3.05) is 20.3 Å². The largest absolute Gasteiger partial charge is 0.493 e. The first-order valence-corrected chi connectivity index (χ1v) is 5.62. The highest BCUT2D eigenvalue weighted by Crippen LogP contribution is 2.40. The van der Waals surface area contributed by atoms with Crippen molar-refractivity contribution >= 4 is 6.08 Å². The summed E-state index contributed by atoms with van der Waals surface area (Å²) >= 11 is 0. The fraction of sp³-hybridized carbons (Fsp3) is 0.385. The molecule has 1 unspecified atom stereocenters. The number of benzene rings is 1. The van der Waals surface area contributed by atoms with Gasteiger partial charge in [-0.25, -0.2) is 0 Å². The van der Waals surface area contributed by atoms with Crippen LogP contribution in [-0.4, -0.2) is 26.4 Å². The maximum Gasteiger partial charge on any atom is 0.203 e. The summed E-state index contributed by atoms with van der Waals surface area (Å²) in [7, 11) is 1.62. The third kappa shape index (κ3) is 2.71. The zero-order chi connectivity index (χ0) is 12.3. The van der Waals surface area contributed by atoms with E-state index in [1.807, 2.05) is 31.2 Å². The monoisotopic (exact) mass is 235 g/mol. The Morgan fingerprint density at radius 2 is 2.12 bits per heavy atom. The molecule has 0 fully saturated rings. The van der Waals surface area contributed by atoms with Crippen LogP contribution in [0.4, 0.5) is 0 Å². The van der Waals surface area contributed by atoms with Gasteiger partial charge in [0.2, 0.25) is 5.75 Å². The quantitative estimate of drug-likeness (QED) is 0.868. The van der Waals surface area contributed by atoms with E-state index in [9.17, 15) is 0 Å². The lowest BCUT2D eigenvalue weighted by Gasteiger charge is -2.21. The maximum absolute atomic E-state index is 5.67. The van der Waals surface area contributed by atoms with Crippen LogP contribution in [0, 0.1) is 0 Å². The first kappa shape index (κ1) is 11.8. The Labute approximate surface area is 101 Å². The fourth-order valence-corrected chi connectivity index (χ4v) is 1.65. The molecule has 0 aromatic heterocycles. The zero-order valence-electron chi connectivity index (χ0n) is 10.1. The molecule has 17 heavy (non-hydrogen) atoms. The van der Waals surface area contributed by atoms with Crippen molar-refractivity contribution in [1.82, 2.24) is 0 Å². The van der Waals surface area contributed by atoms with Crippen molar-refractivity contribution in [1.29, 1.82) is 0 Å². The molecule has 0 amide bonds. The normalized spacial score (nSPS) is 15.9. The topological polar surface area (TPSA) is 53.7 Å². The molecule has 1 aliphatic heterocycles. The van der Waals surface area contributed by atoms with Crippen LogP contribution >= 0.6 is 0 Å². The summed E-state index contributed by atoms with van der Waals surface area (Å²) in [5.41, 5.74) is 6.66. The molecule has 1 aromatic rings. The Kier molecular flexibility index (Phi) is 3.54. The van der Waals surface area contributed by atoms with E-state index < -0.39 is 0 Å². The summed E-state index contributed by atoms with van der Waals surface area (Å²) in [5, 5.41) is 0. The smallest absolute Gasteiger partial charge is 0.203 e. The number of rotatable bonds is 3. The number of methoxy groups -OCH3 is 1. The summed E-state index contributed by atoms with van der Waals surface area (Å²) in [5.74, 6) is 2.09. The molecule has 1 aromatic carbocycles. The minimum absolute atomic E-state index is 0.0224. The highest BCUT2D eigenvalue weighted by molar-refractivity contribution is 5.62. The first-order valence-electron chi connectivity index (χ1n) is 5.62. The van der Waals surface area contributed by atoms with Crippen molar-refractivity contribution in [3.63, 3.8) is 0 Å². The summed E-state index contributed by atoms with van der Waals surface area (Å²) in [4.78, 5) is 0. The molecule has 4 heteroatoms. The van der Waals surface area contributed by atoms with Crippen LogP contribution in [0.25, 0.3) is 6.08 Å². The van der Waals surface area contributed by atoms with Gasteiger partial charge in [0, 0.05) is 6.04 Å². The minimum atomic E-state index is 0.0224. The van der Waals surface area contributed by atoms with Crippen LogP contribution in [0.2, 0.25) is 0 Å². The number of ether oxygens (including phenoxy) is 3. The Morgan fingerprint density at radius 1 is 1.35 bits per heavy atom. The summed E-state index contributed by atoms with van der Waals surface area (Å²) in [6.07, 6.45) is 3.87. The lowest BCUT2D eigenvalue weighted by Crippen LogP contribution is -2.16. The van der Waals surface area contributed by atoms with Gasteiger partial charge in [-0.05, 0) is 24.6 Å². The van der Waals surface area contributed by atoms with Crippen molar-refractivity contribution in [2.45, 2.75) is 13.0 Å². The second kappa shape index (κ2) is 5.10. The lowest BCUT2D eigenvalue weighted by molar-refractivity contribution is 0.165. The molecule has 0 saturated carbocycles. The van der Waals surface area contributed by atoms with Crippen LogP contribution in [0.3, 0.4) is 0 Å². The van der Waals surface area contributed by atoms with E-state index in [-0.39, 0.29) is 6.04 Å². The highest BCUT2D eigenvalue weighted by atomic mass is 16.6. The van der Waals surface area contributed by atoms with Gasteiger partial charge in [0.15, 0.2) is 11.5 Å². The zero-order valence-corrected chi connectivity index (χ0v) is 10.1. The number of hydrogen-bond donors (Lipinski definition) is 1. The Balaban J connectivity index is 2.35. The summed E-state index contributed by atoms with van der Waals surface area (Å²) in [6.45, 7) is 3.04. The summed E-state index contributed by atoms with van der Waals surface area (Å²) in [6, 6.07) is 3.86. The van der Waals surface area contributed by atoms with Crippen LogP contribution in [0.1, 0.15) is 12.5 Å². The van der Waals surface area contributed by atoms with Gasteiger partial charge in [-0.15, -0.1) is 0 Å². The number of nitrogens with two attached hydrogens (primary N) is 1. The van der Waals surface area contributed by atoms with Gasteiger partial charge in [0.25, 0.3) is 0 Å². The molecule has 0 aliphatic carbocycles. The van der Waals surface area contributed by atoms with Gasteiger partial charge in [-0.2, -0.15) is 0 Å². The first-order chi connectivity index (χ1) is 8.20. The van der Waals surface area contributed by atoms with Crippen LogP contribution in [-0.2, 0) is 0 Å². The second-order valence-corrected chi connectivity index (χ2v) is 3.97. The van der Waals surface area contributed by atoms with E-state index >= 15 is 0 Å². The van der Waals surface area contributed by atoms with Gasteiger partial charge in [0.05, 0.1) is 7.11 Å². The average molecular weight is 235 g/mol. The van der Waals surface area contributed by atoms with Crippen LogP contribution in [0.5, 0.6) is 17.2 Å². The molecule has 0 spiro atoms. The van der Waals surface area contributed by atoms with E-state index in [1.54, 1.807) is 7.11 Å². The predicted octanol–water partition coefficient (Wildman–Crippen LogP) is 1.83. The van der Waals surface area contributed by atoms with Gasteiger partial charge >= 0.3 is 0 Å². The van der Waals surface area contributed by atoms with E-state index in [4.69, 9.17) is 19.9 Å². The molecule has 2 rings (SSSR count). The van der Waals surface area contributed by atoms with Gasteiger partial charge in [0.1, 0.15) is 13.2 Å². The van der Waals surface area contributed by atoms with E-state index in [0.29, 0.717) is 24.7 Å². The van der Waals surface area contributed by atoms with E-state index in [2.05, 4.69) is 0 Å². The van der Waals surface area contributed by atoms with Crippen molar-refractivity contribution in [3.05, 3.63) is 23.8 Å². The fourth-order valence-electron chi connectivity index (χ4n) is 1.65. The molecule has 92 valence electrons. The molecule has 0 bridgehead atoms. The average Bonchev–Trinajstić information content (AvgIpc) is 2.35. The standard InChI is InChI=1S/C13H17NO3/c1-9(14)3-4-10-7-11(15-2)13-12(8-10)16-5-6-17-13/h3-4,7-9H,5-6,14H2,1-2H3/b4-3+. The molecule has 0 saturated heterocycles. The second-order valence-electron chi connectivity index (χ2n) is 3.97. The SMILES string of the molecule is COc1cc(/C=C/C(C)N)cc2c1OCCO2. The van der Waals surface area contributed by atoms with Gasteiger partial charge < -0.3 is 19.9 Å². The highest BCUT2D eigenvalue weighted by Gasteiger charge is 2.17. The predicted molar refractivity (Wildman–Crippen MR) is 66.7 cm³/mol. The van der Waals surface area contributed by atoms with E-state index in [0.717, 1.165) is 11.3 Å². The van der Waals surface area contributed by atoms with Crippen molar-refractivity contribution in [2.24, 2.45) is 5.73 Å². The number of fused-ring (bicyclic) bond motifs is 1. The van der Waals surface area contributed by atoms with Crippen molar-refractivity contribution in [3.8, 4) is 17.2 Å². The molecule has 0 radical (unpaired) electrons. The molecular formula is C13H17NO3. The van der Waals surface area contributed by atoms with Crippen LogP contribution < -0.4 is 19.9 Å². The molecule has 1 aliphatic rings. The minimum Gasteiger partial charge on any atom is -0.493 e.